The fourth-order valence-electron chi connectivity index (χ4n) is 2.77. The van der Waals surface area contributed by atoms with E-state index in [-0.39, 0.29) is 5.91 Å². The Bertz CT molecular complexity index is 671. The zero-order chi connectivity index (χ0) is 16.9. The molecule has 1 aliphatic rings. The van der Waals surface area contributed by atoms with Gasteiger partial charge >= 0.3 is 0 Å². The molecule has 0 aromatic carbocycles. The summed E-state index contributed by atoms with van der Waals surface area (Å²) in [6.45, 7) is 6.95. The van der Waals surface area contributed by atoms with Crippen LogP contribution in [0.3, 0.4) is 0 Å². The third-order valence-corrected chi connectivity index (χ3v) is 4.17. The lowest BCUT2D eigenvalue weighted by Gasteiger charge is -2.28. The molecule has 0 radical (unpaired) electrons. The predicted octanol–water partition coefficient (Wildman–Crippen LogP) is 2.09. The van der Waals surface area contributed by atoms with Crippen molar-refractivity contribution in [2.24, 2.45) is 0 Å². The number of aromatic nitrogens is 2. The van der Waals surface area contributed by atoms with Gasteiger partial charge in [-0.3, -0.25) is 4.79 Å². The number of amides is 1. The van der Waals surface area contributed by atoms with Crippen molar-refractivity contribution in [3.63, 3.8) is 0 Å². The molecule has 0 unspecified atom stereocenters. The summed E-state index contributed by atoms with van der Waals surface area (Å²) in [6, 6.07) is 3.81. The van der Waals surface area contributed by atoms with Crippen molar-refractivity contribution in [3.05, 3.63) is 35.3 Å². The average molecular weight is 330 g/mol. The van der Waals surface area contributed by atoms with E-state index >= 15 is 0 Å². The molecule has 7 nitrogen and oxygen atoms in total. The molecule has 128 valence electrons. The summed E-state index contributed by atoms with van der Waals surface area (Å²) in [7, 11) is 0. The maximum atomic E-state index is 12.1. The Hall–Kier alpha value is -2.41. The molecule has 1 N–H and O–H groups in total. The number of aryl methyl sites for hydroxylation is 2. The van der Waals surface area contributed by atoms with Gasteiger partial charge in [-0.2, -0.15) is 0 Å². The summed E-state index contributed by atoms with van der Waals surface area (Å²) in [6.07, 6.45) is 2.77. The Morgan fingerprint density at radius 3 is 2.71 bits per heavy atom. The van der Waals surface area contributed by atoms with Gasteiger partial charge in [0.15, 0.2) is 0 Å². The van der Waals surface area contributed by atoms with Crippen LogP contribution in [-0.2, 0) is 16.0 Å². The first kappa shape index (κ1) is 16.4. The zero-order valence-electron chi connectivity index (χ0n) is 14.0. The lowest BCUT2D eigenvalue weighted by molar-refractivity contribution is -0.116. The standard InChI is InChI=1S/C17H22N4O3/c1-12-15(13(2)24-20-12)4-6-17(22)19-16-5-3-14(11-18-16)21-7-9-23-10-8-21/h3,5,11H,4,6-10H2,1-2H3,(H,18,19,22). The Balaban J connectivity index is 1.52. The first-order valence-electron chi connectivity index (χ1n) is 8.14. The molecule has 1 saturated heterocycles. The van der Waals surface area contributed by atoms with Crippen LogP contribution in [0.5, 0.6) is 0 Å². The van der Waals surface area contributed by atoms with E-state index in [1.54, 1.807) is 6.20 Å². The minimum absolute atomic E-state index is 0.0679. The third kappa shape index (κ3) is 3.91. The average Bonchev–Trinajstić information content (AvgIpc) is 2.93. The number of carbonyl (C=O) groups excluding carboxylic acids is 1. The van der Waals surface area contributed by atoms with Gasteiger partial charge in [0.25, 0.3) is 0 Å². The fraction of sp³-hybridized carbons (Fsp3) is 0.471. The van der Waals surface area contributed by atoms with Crippen LogP contribution in [0.2, 0.25) is 0 Å². The molecule has 0 saturated carbocycles. The molecular weight excluding hydrogens is 308 g/mol. The molecule has 3 heterocycles. The van der Waals surface area contributed by atoms with Gasteiger partial charge in [0.2, 0.25) is 5.91 Å². The first-order chi connectivity index (χ1) is 11.6. The molecule has 1 amide bonds. The predicted molar refractivity (Wildman–Crippen MR) is 90.2 cm³/mol. The lowest BCUT2D eigenvalue weighted by Crippen LogP contribution is -2.36. The van der Waals surface area contributed by atoms with Crippen molar-refractivity contribution in [1.29, 1.82) is 0 Å². The molecule has 7 heteroatoms. The highest BCUT2D eigenvalue weighted by atomic mass is 16.5. The van der Waals surface area contributed by atoms with Crippen molar-refractivity contribution in [2.75, 3.05) is 36.5 Å². The topological polar surface area (TPSA) is 80.5 Å². The van der Waals surface area contributed by atoms with Gasteiger partial charge in [0.1, 0.15) is 11.6 Å². The maximum Gasteiger partial charge on any atom is 0.225 e. The first-order valence-corrected chi connectivity index (χ1v) is 8.14. The van der Waals surface area contributed by atoms with Gasteiger partial charge in [-0.25, -0.2) is 4.98 Å². The molecule has 24 heavy (non-hydrogen) atoms. The van der Waals surface area contributed by atoms with Gasteiger partial charge in [0.05, 0.1) is 30.8 Å². The monoisotopic (exact) mass is 330 g/mol. The van der Waals surface area contributed by atoms with Crippen LogP contribution in [0.1, 0.15) is 23.4 Å². The van der Waals surface area contributed by atoms with Crippen LogP contribution in [0.15, 0.2) is 22.9 Å². The molecule has 0 spiro atoms. The van der Waals surface area contributed by atoms with E-state index in [2.05, 4.69) is 20.4 Å². The SMILES string of the molecule is Cc1noc(C)c1CCC(=O)Nc1ccc(N2CCOCC2)cn1. The molecule has 1 fully saturated rings. The summed E-state index contributed by atoms with van der Waals surface area (Å²) in [4.78, 5) is 18.6. The third-order valence-electron chi connectivity index (χ3n) is 4.17. The number of rotatable bonds is 5. The van der Waals surface area contributed by atoms with E-state index in [4.69, 9.17) is 9.26 Å². The Kier molecular flexibility index (Phi) is 5.10. The summed E-state index contributed by atoms with van der Waals surface area (Å²) < 4.78 is 10.5. The Labute approximate surface area is 141 Å². The van der Waals surface area contributed by atoms with E-state index < -0.39 is 0 Å². The largest absolute Gasteiger partial charge is 0.378 e. The summed E-state index contributed by atoms with van der Waals surface area (Å²) in [5.74, 6) is 1.27. The van der Waals surface area contributed by atoms with Crippen LogP contribution < -0.4 is 10.2 Å². The summed E-state index contributed by atoms with van der Waals surface area (Å²) >= 11 is 0. The van der Waals surface area contributed by atoms with Crippen molar-refractivity contribution >= 4 is 17.4 Å². The smallest absolute Gasteiger partial charge is 0.225 e. The molecule has 2 aromatic heterocycles. The highest BCUT2D eigenvalue weighted by Gasteiger charge is 2.13. The molecule has 3 rings (SSSR count). The van der Waals surface area contributed by atoms with Crippen LogP contribution in [0.25, 0.3) is 0 Å². The van der Waals surface area contributed by atoms with E-state index in [0.717, 1.165) is 49.0 Å². The lowest BCUT2D eigenvalue weighted by atomic mass is 10.1. The highest BCUT2D eigenvalue weighted by molar-refractivity contribution is 5.90. The Morgan fingerprint density at radius 2 is 2.08 bits per heavy atom. The van der Waals surface area contributed by atoms with E-state index in [1.165, 1.54) is 0 Å². The number of morpholine rings is 1. The van der Waals surface area contributed by atoms with Crippen LogP contribution in [0.4, 0.5) is 11.5 Å². The minimum Gasteiger partial charge on any atom is -0.378 e. The fourth-order valence-corrected chi connectivity index (χ4v) is 2.77. The van der Waals surface area contributed by atoms with Crippen molar-refractivity contribution < 1.29 is 14.1 Å². The van der Waals surface area contributed by atoms with Crippen LogP contribution in [-0.4, -0.2) is 42.4 Å². The van der Waals surface area contributed by atoms with Crippen LogP contribution >= 0.6 is 0 Å². The van der Waals surface area contributed by atoms with Gasteiger partial charge in [0, 0.05) is 25.1 Å². The minimum atomic E-state index is -0.0679. The van der Waals surface area contributed by atoms with Gasteiger partial charge < -0.3 is 19.5 Å². The molecule has 0 bridgehead atoms. The number of anilines is 2. The Morgan fingerprint density at radius 1 is 1.29 bits per heavy atom. The molecule has 0 atom stereocenters. The van der Waals surface area contributed by atoms with Crippen molar-refractivity contribution in [3.8, 4) is 0 Å². The normalized spacial score (nSPS) is 14.7. The van der Waals surface area contributed by atoms with Gasteiger partial charge in [-0.05, 0) is 32.4 Å². The van der Waals surface area contributed by atoms with Crippen molar-refractivity contribution in [1.82, 2.24) is 10.1 Å². The van der Waals surface area contributed by atoms with Gasteiger partial charge in [-0.1, -0.05) is 5.16 Å². The highest BCUT2D eigenvalue weighted by Crippen LogP contribution is 2.17. The summed E-state index contributed by atoms with van der Waals surface area (Å²) in [5, 5.41) is 6.73. The number of carbonyl (C=O) groups is 1. The second kappa shape index (κ2) is 7.44. The second-order valence-corrected chi connectivity index (χ2v) is 5.85. The van der Waals surface area contributed by atoms with Crippen molar-refractivity contribution in [2.45, 2.75) is 26.7 Å². The van der Waals surface area contributed by atoms with E-state index in [0.29, 0.717) is 18.7 Å². The summed E-state index contributed by atoms with van der Waals surface area (Å²) in [5.41, 5.74) is 2.89. The molecule has 1 aliphatic heterocycles. The second-order valence-electron chi connectivity index (χ2n) is 5.85. The zero-order valence-corrected chi connectivity index (χ0v) is 14.0. The van der Waals surface area contributed by atoms with Gasteiger partial charge in [-0.15, -0.1) is 0 Å². The van der Waals surface area contributed by atoms with E-state index in [1.807, 2.05) is 26.0 Å². The van der Waals surface area contributed by atoms with E-state index in [9.17, 15) is 4.79 Å². The number of nitrogens with zero attached hydrogens (tertiary/aromatic N) is 3. The quantitative estimate of drug-likeness (QED) is 0.904. The molecular formula is C17H22N4O3. The molecule has 2 aromatic rings. The molecule has 0 aliphatic carbocycles. The number of nitrogens with one attached hydrogen (secondary N) is 1. The number of hydrogen-bond donors (Lipinski definition) is 1. The number of pyridine rings is 1. The number of ether oxygens (including phenoxy) is 1. The van der Waals surface area contributed by atoms with Crippen LogP contribution in [0, 0.1) is 13.8 Å². The number of hydrogen-bond acceptors (Lipinski definition) is 6. The maximum absolute atomic E-state index is 12.1.